The van der Waals surface area contributed by atoms with Crippen molar-refractivity contribution >= 4 is 17.3 Å². The molecule has 3 rings (SSSR count). The summed E-state index contributed by atoms with van der Waals surface area (Å²) >= 11 is 6.23. The van der Waals surface area contributed by atoms with E-state index in [9.17, 15) is 0 Å². The summed E-state index contributed by atoms with van der Waals surface area (Å²) in [5, 5.41) is 4.57. The van der Waals surface area contributed by atoms with Crippen molar-refractivity contribution in [1.82, 2.24) is 5.32 Å². The summed E-state index contributed by atoms with van der Waals surface area (Å²) in [4.78, 5) is 2.48. The number of rotatable bonds is 2. The second kappa shape index (κ2) is 6.05. The standard InChI is InChI=1S/C17H25ClN2O/c1-13-10-15(16(21-2)11-14(13)18)20-9-8-19-17(12-20)6-4-3-5-7-17/h10-11,19H,3-9,12H2,1-2H3. The van der Waals surface area contributed by atoms with Gasteiger partial charge in [0.05, 0.1) is 12.8 Å². The molecule has 0 amide bonds. The number of aryl methyl sites for hydroxylation is 1. The van der Waals surface area contributed by atoms with Gasteiger partial charge in [-0.2, -0.15) is 0 Å². The minimum Gasteiger partial charge on any atom is -0.495 e. The monoisotopic (exact) mass is 308 g/mol. The maximum Gasteiger partial charge on any atom is 0.143 e. The van der Waals surface area contributed by atoms with Gasteiger partial charge in [-0.05, 0) is 31.4 Å². The van der Waals surface area contributed by atoms with E-state index in [4.69, 9.17) is 16.3 Å². The smallest absolute Gasteiger partial charge is 0.143 e. The number of halogens is 1. The van der Waals surface area contributed by atoms with Gasteiger partial charge in [-0.3, -0.25) is 0 Å². The molecule has 4 heteroatoms. The van der Waals surface area contributed by atoms with Gasteiger partial charge in [-0.15, -0.1) is 0 Å². The largest absolute Gasteiger partial charge is 0.495 e. The summed E-state index contributed by atoms with van der Waals surface area (Å²) in [5.74, 6) is 0.887. The van der Waals surface area contributed by atoms with Crippen molar-refractivity contribution in [3.8, 4) is 5.75 Å². The average Bonchev–Trinajstić information content (AvgIpc) is 2.50. The van der Waals surface area contributed by atoms with Crippen molar-refractivity contribution in [1.29, 1.82) is 0 Å². The molecule has 2 fully saturated rings. The van der Waals surface area contributed by atoms with E-state index in [-0.39, 0.29) is 0 Å². The van der Waals surface area contributed by atoms with Gasteiger partial charge in [0.15, 0.2) is 0 Å². The fourth-order valence-corrected chi connectivity index (χ4v) is 3.94. The number of ether oxygens (including phenoxy) is 1. The van der Waals surface area contributed by atoms with Crippen LogP contribution in [0.25, 0.3) is 0 Å². The lowest BCUT2D eigenvalue weighted by atomic mass is 9.80. The van der Waals surface area contributed by atoms with Crippen LogP contribution in [0.4, 0.5) is 5.69 Å². The lowest BCUT2D eigenvalue weighted by Gasteiger charge is -2.47. The molecule has 1 saturated heterocycles. The fourth-order valence-electron chi connectivity index (χ4n) is 3.78. The Morgan fingerprint density at radius 2 is 2.00 bits per heavy atom. The molecular weight excluding hydrogens is 284 g/mol. The molecule has 1 spiro atoms. The minimum absolute atomic E-state index is 0.301. The number of nitrogens with zero attached hydrogens (tertiary/aromatic N) is 1. The van der Waals surface area contributed by atoms with Crippen LogP contribution in [0.1, 0.15) is 37.7 Å². The molecule has 3 nitrogen and oxygen atoms in total. The molecular formula is C17H25ClN2O. The quantitative estimate of drug-likeness (QED) is 0.900. The number of piperazine rings is 1. The summed E-state index contributed by atoms with van der Waals surface area (Å²) in [6.45, 7) is 5.21. The van der Waals surface area contributed by atoms with Gasteiger partial charge >= 0.3 is 0 Å². The number of benzene rings is 1. The van der Waals surface area contributed by atoms with Crippen LogP contribution in [-0.2, 0) is 0 Å². The normalized spacial score (nSPS) is 21.6. The van der Waals surface area contributed by atoms with Crippen LogP contribution in [0.5, 0.6) is 5.75 Å². The van der Waals surface area contributed by atoms with Crippen LogP contribution in [0.3, 0.4) is 0 Å². The van der Waals surface area contributed by atoms with Crippen LogP contribution in [0, 0.1) is 6.92 Å². The van der Waals surface area contributed by atoms with Crippen molar-refractivity contribution in [2.45, 2.75) is 44.6 Å². The van der Waals surface area contributed by atoms with Crippen molar-refractivity contribution < 1.29 is 4.74 Å². The lowest BCUT2D eigenvalue weighted by Crippen LogP contribution is -2.61. The molecule has 1 saturated carbocycles. The molecule has 1 heterocycles. The maximum absolute atomic E-state index is 6.23. The summed E-state index contributed by atoms with van der Waals surface area (Å²) in [5.41, 5.74) is 2.60. The number of hydrogen-bond donors (Lipinski definition) is 1. The number of hydrogen-bond acceptors (Lipinski definition) is 3. The van der Waals surface area contributed by atoms with Gasteiger partial charge < -0.3 is 15.0 Å². The third-order valence-corrected chi connectivity index (χ3v) is 5.39. The molecule has 21 heavy (non-hydrogen) atoms. The van der Waals surface area contributed by atoms with Crippen molar-refractivity contribution in [2.75, 3.05) is 31.6 Å². The third kappa shape index (κ3) is 3.00. The van der Waals surface area contributed by atoms with E-state index in [1.54, 1.807) is 7.11 Å². The van der Waals surface area contributed by atoms with E-state index in [0.29, 0.717) is 5.54 Å². The molecule has 1 N–H and O–H groups in total. The first-order chi connectivity index (χ1) is 10.1. The predicted octanol–water partition coefficient (Wildman–Crippen LogP) is 3.77. The van der Waals surface area contributed by atoms with Gasteiger partial charge in [0, 0.05) is 36.3 Å². The van der Waals surface area contributed by atoms with E-state index < -0.39 is 0 Å². The Balaban J connectivity index is 1.87. The Labute approximate surface area is 132 Å². The highest BCUT2D eigenvalue weighted by molar-refractivity contribution is 6.31. The van der Waals surface area contributed by atoms with E-state index in [1.807, 2.05) is 6.07 Å². The molecule has 1 aliphatic heterocycles. The Bertz CT molecular complexity index is 506. The van der Waals surface area contributed by atoms with Crippen LogP contribution >= 0.6 is 11.6 Å². The molecule has 1 aromatic carbocycles. The topological polar surface area (TPSA) is 24.5 Å². The molecule has 0 unspecified atom stereocenters. The zero-order valence-corrected chi connectivity index (χ0v) is 13.8. The van der Waals surface area contributed by atoms with E-state index in [2.05, 4.69) is 23.2 Å². The van der Waals surface area contributed by atoms with Crippen LogP contribution < -0.4 is 15.0 Å². The summed E-state index contributed by atoms with van der Waals surface area (Å²) in [7, 11) is 1.73. The van der Waals surface area contributed by atoms with Gasteiger partial charge in [0.2, 0.25) is 0 Å². The summed E-state index contributed by atoms with van der Waals surface area (Å²) in [6.07, 6.45) is 6.65. The van der Waals surface area contributed by atoms with Crippen molar-refractivity contribution in [2.24, 2.45) is 0 Å². The molecule has 0 radical (unpaired) electrons. The number of anilines is 1. The summed E-state index contributed by atoms with van der Waals surface area (Å²) < 4.78 is 5.56. The highest BCUT2D eigenvalue weighted by atomic mass is 35.5. The second-order valence-corrected chi connectivity index (χ2v) is 6.87. The van der Waals surface area contributed by atoms with Gasteiger partial charge in [0.1, 0.15) is 5.75 Å². The van der Waals surface area contributed by atoms with E-state index in [1.165, 1.54) is 37.8 Å². The second-order valence-electron chi connectivity index (χ2n) is 6.46. The van der Waals surface area contributed by atoms with Gasteiger partial charge in [-0.25, -0.2) is 0 Å². The fraction of sp³-hybridized carbons (Fsp3) is 0.647. The molecule has 1 aromatic rings. The first kappa shape index (κ1) is 15.0. The molecule has 0 bridgehead atoms. The van der Waals surface area contributed by atoms with E-state index >= 15 is 0 Å². The van der Waals surface area contributed by atoms with Crippen molar-refractivity contribution in [3.05, 3.63) is 22.7 Å². The van der Waals surface area contributed by atoms with Gasteiger partial charge in [0.25, 0.3) is 0 Å². The SMILES string of the molecule is COc1cc(Cl)c(C)cc1N1CCNC2(CCCCC2)C1. The molecule has 0 atom stereocenters. The maximum atomic E-state index is 6.23. The first-order valence-electron chi connectivity index (χ1n) is 7.98. The van der Waals surface area contributed by atoms with Crippen molar-refractivity contribution in [3.63, 3.8) is 0 Å². The number of methoxy groups -OCH3 is 1. The zero-order chi connectivity index (χ0) is 14.9. The highest BCUT2D eigenvalue weighted by Crippen LogP contribution is 2.37. The third-order valence-electron chi connectivity index (χ3n) is 4.99. The summed E-state index contributed by atoms with van der Waals surface area (Å²) in [6, 6.07) is 4.12. The van der Waals surface area contributed by atoms with Gasteiger partial charge in [-0.1, -0.05) is 30.9 Å². The predicted molar refractivity (Wildman–Crippen MR) is 88.8 cm³/mol. The number of nitrogens with one attached hydrogen (secondary N) is 1. The highest BCUT2D eigenvalue weighted by Gasteiger charge is 2.36. The first-order valence-corrected chi connectivity index (χ1v) is 8.35. The Morgan fingerprint density at radius 3 is 2.71 bits per heavy atom. The zero-order valence-electron chi connectivity index (χ0n) is 13.0. The Kier molecular flexibility index (Phi) is 4.32. The van der Waals surface area contributed by atoms with E-state index in [0.717, 1.165) is 36.0 Å². The average molecular weight is 309 g/mol. The Morgan fingerprint density at radius 1 is 1.24 bits per heavy atom. The molecule has 116 valence electrons. The van der Waals surface area contributed by atoms with Crippen LogP contribution in [0.15, 0.2) is 12.1 Å². The lowest BCUT2D eigenvalue weighted by molar-refractivity contribution is 0.216. The molecule has 0 aromatic heterocycles. The molecule has 2 aliphatic rings. The minimum atomic E-state index is 0.301. The Hall–Kier alpha value is -0.930. The molecule has 1 aliphatic carbocycles. The van der Waals surface area contributed by atoms with Crippen LogP contribution in [-0.4, -0.2) is 32.3 Å². The van der Waals surface area contributed by atoms with Crippen LogP contribution in [0.2, 0.25) is 5.02 Å².